The topological polar surface area (TPSA) is 21.3 Å². The molecule has 0 amide bonds. The van der Waals surface area contributed by atoms with Crippen LogP contribution in [0.15, 0.2) is 18.2 Å². The second-order valence-corrected chi connectivity index (χ2v) is 4.92. The van der Waals surface area contributed by atoms with Crippen molar-refractivity contribution in [3.8, 4) is 0 Å². The van der Waals surface area contributed by atoms with E-state index in [9.17, 15) is 4.39 Å². The molecule has 0 saturated heterocycles. The molecule has 2 atom stereocenters. The van der Waals surface area contributed by atoms with E-state index in [4.69, 9.17) is 4.74 Å². The molecule has 1 aromatic carbocycles. The van der Waals surface area contributed by atoms with Crippen molar-refractivity contribution in [3.63, 3.8) is 0 Å². The van der Waals surface area contributed by atoms with Crippen molar-refractivity contribution in [1.82, 2.24) is 5.32 Å². The van der Waals surface area contributed by atoms with Gasteiger partial charge in [0.25, 0.3) is 0 Å². The number of methoxy groups -OCH3 is 1. The summed E-state index contributed by atoms with van der Waals surface area (Å²) in [6.07, 6.45) is 0.993. The predicted octanol–water partition coefficient (Wildman–Crippen LogP) is 3.46. The molecule has 18 heavy (non-hydrogen) atoms. The number of rotatable bonds is 7. The molecule has 2 nitrogen and oxygen atoms in total. The van der Waals surface area contributed by atoms with Gasteiger partial charge in [-0.3, -0.25) is 0 Å². The summed E-state index contributed by atoms with van der Waals surface area (Å²) >= 11 is 0. The SMILES string of the molecule is CCNC(CC(C)COC)c1ccc(F)c(C)c1. The maximum atomic E-state index is 13.3. The zero-order valence-corrected chi connectivity index (χ0v) is 11.8. The molecule has 2 unspecified atom stereocenters. The standard InChI is InChI=1S/C15H24FNO/c1-5-17-15(8-11(2)10-18-4)13-6-7-14(16)12(3)9-13/h6-7,9,11,15,17H,5,8,10H2,1-4H3. The molecular weight excluding hydrogens is 229 g/mol. The monoisotopic (exact) mass is 253 g/mol. The van der Waals surface area contributed by atoms with Crippen molar-refractivity contribution in [3.05, 3.63) is 35.1 Å². The van der Waals surface area contributed by atoms with Crippen LogP contribution in [0.5, 0.6) is 0 Å². The number of halogens is 1. The Balaban J connectivity index is 2.79. The number of aryl methyl sites for hydroxylation is 1. The second kappa shape index (κ2) is 7.49. The third kappa shape index (κ3) is 4.39. The fourth-order valence-electron chi connectivity index (χ4n) is 2.22. The molecule has 1 aromatic rings. The van der Waals surface area contributed by atoms with Crippen LogP contribution >= 0.6 is 0 Å². The first-order valence-electron chi connectivity index (χ1n) is 6.56. The highest BCUT2D eigenvalue weighted by Gasteiger charge is 2.15. The predicted molar refractivity (Wildman–Crippen MR) is 73.2 cm³/mol. The maximum absolute atomic E-state index is 13.3. The van der Waals surface area contributed by atoms with Gasteiger partial charge in [0.1, 0.15) is 5.82 Å². The highest BCUT2D eigenvalue weighted by atomic mass is 19.1. The third-order valence-corrected chi connectivity index (χ3v) is 3.12. The number of hydrogen-bond donors (Lipinski definition) is 1. The average Bonchev–Trinajstić information content (AvgIpc) is 2.32. The van der Waals surface area contributed by atoms with Gasteiger partial charge in [-0.05, 0) is 43.0 Å². The molecule has 0 heterocycles. The Labute approximate surface area is 110 Å². The molecule has 0 aliphatic rings. The quantitative estimate of drug-likeness (QED) is 0.803. The van der Waals surface area contributed by atoms with Gasteiger partial charge in [0.2, 0.25) is 0 Å². The minimum atomic E-state index is -0.140. The molecular formula is C15H24FNO. The van der Waals surface area contributed by atoms with Crippen LogP contribution in [0, 0.1) is 18.7 Å². The van der Waals surface area contributed by atoms with E-state index >= 15 is 0 Å². The Morgan fingerprint density at radius 3 is 2.67 bits per heavy atom. The van der Waals surface area contributed by atoms with E-state index in [0.29, 0.717) is 11.5 Å². The summed E-state index contributed by atoms with van der Waals surface area (Å²) in [6.45, 7) is 7.72. The Hall–Kier alpha value is -0.930. The van der Waals surface area contributed by atoms with E-state index in [0.717, 1.165) is 25.1 Å². The lowest BCUT2D eigenvalue weighted by molar-refractivity contribution is 0.149. The summed E-state index contributed by atoms with van der Waals surface area (Å²) in [5.74, 6) is 0.336. The lowest BCUT2D eigenvalue weighted by atomic mass is 9.95. The molecule has 0 aliphatic heterocycles. The van der Waals surface area contributed by atoms with Gasteiger partial charge in [0, 0.05) is 19.8 Å². The summed E-state index contributed by atoms with van der Waals surface area (Å²) < 4.78 is 18.5. The molecule has 3 heteroatoms. The minimum absolute atomic E-state index is 0.140. The summed E-state index contributed by atoms with van der Waals surface area (Å²) in [5, 5.41) is 3.46. The van der Waals surface area contributed by atoms with Crippen molar-refractivity contribution < 1.29 is 9.13 Å². The molecule has 0 aromatic heterocycles. The Morgan fingerprint density at radius 1 is 1.39 bits per heavy atom. The van der Waals surface area contributed by atoms with Gasteiger partial charge in [-0.2, -0.15) is 0 Å². The van der Waals surface area contributed by atoms with E-state index in [1.807, 2.05) is 12.1 Å². The van der Waals surface area contributed by atoms with E-state index in [-0.39, 0.29) is 11.9 Å². The van der Waals surface area contributed by atoms with Crippen LogP contribution in [0.2, 0.25) is 0 Å². The van der Waals surface area contributed by atoms with E-state index in [1.165, 1.54) is 0 Å². The highest BCUT2D eigenvalue weighted by Crippen LogP contribution is 2.23. The molecule has 102 valence electrons. The Morgan fingerprint density at radius 2 is 2.11 bits per heavy atom. The van der Waals surface area contributed by atoms with E-state index in [1.54, 1.807) is 20.1 Å². The number of benzene rings is 1. The van der Waals surface area contributed by atoms with Crippen molar-refractivity contribution >= 4 is 0 Å². The highest BCUT2D eigenvalue weighted by molar-refractivity contribution is 5.26. The zero-order chi connectivity index (χ0) is 13.5. The van der Waals surface area contributed by atoms with Gasteiger partial charge in [-0.25, -0.2) is 4.39 Å². The van der Waals surface area contributed by atoms with Crippen molar-refractivity contribution in [2.75, 3.05) is 20.3 Å². The van der Waals surface area contributed by atoms with Crippen LogP contribution in [0.3, 0.4) is 0 Å². The van der Waals surface area contributed by atoms with Crippen LogP contribution in [-0.4, -0.2) is 20.3 Å². The minimum Gasteiger partial charge on any atom is -0.384 e. The smallest absolute Gasteiger partial charge is 0.126 e. The second-order valence-electron chi connectivity index (χ2n) is 4.92. The van der Waals surface area contributed by atoms with Crippen molar-refractivity contribution in [1.29, 1.82) is 0 Å². The lowest BCUT2D eigenvalue weighted by Gasteiger charge is -2.22. The lowest BCUT2D eigenvalue weighted by Crippen LogP contribution is -2.24. The van der Waals surface area contributed by atoms with Crippen LogP contribution in [0.25, 0.3) is 0 Å². The van der Waals surface area contributed by atoms with Gasteiger partial charge in [-0.15, -0.1) is 0 Å². The molecule has 1 N–H and O–H groups in total. The first-order chi connectivity index (χ1) is 8.58. The third-order valence-electron chi connectivity index (χ3n) is 3.12. The number of nitrogens with one attached hydrogen (secondary N) is 1. The van der Waals surface area contributed by atoms with Crippen molar-refractivity contribution in [2.24, 2.45) is 5.92 Å². The molecule has 0 fully saturated rings. The molecule has 0 saturated carbocycles. The molecule has 0 aliphatic carbocycles. The zero-order valence-electron chi connectivity index (χ0n) is 11.8. The van der Waals surface area contributed by atoms with Crippen LogP contribution in [-0.2, 0) is 4.74 Å². The molecule has 0 spiro atoms. The first kappa shape index (κ1) is 15.1. The summed E-state index contributed by atoms with van der Waals surface area (Å²) in [4.78, 5) is 0. The van der Waals surface area contributed by atoms with Gasteiger partial charge in [-0.1, -0.05) is 26.0 Å². The van der Waals surface area contributed by atoms with Gasteiger partial charge < -0.3 is 10.1 Å². The average molecular weight is 253 g/mol. The molecule has 1 rings (SSSR count). The number of hydrogen-bond acceptors (Lipinski definition) is 2. The molecule has 0 radical (unpaired) electrons. The summed E-state index contributed by atoms with van der Waals surface area (Å²) in [6, 6.07) is 5.62. The fourth-order valence-corrected chi connectivity index (χ4v) is 2.22. The van der Waals surface area contributed by atoms with Crippen molar-refractivity contribution in [2.45, 2.75) is 33.2 Å². The van der Waals surface area contributed by atoms with Gasteiger partial charge in [0.15, 0.2) is 0 Å². The fraction of sp³-hybridized carbons (Fsp3) is 0.600. The van der Waals surface area contributed by atoms with Crippen LogP contribution in [0.4, 0.5) is 4.39 Å². The molecule has 0 bridgehead atoms. The summed E-state index contributed by atoms with van der Waals surface area (Å²) in [7, 11) is 1.72. The van der Waals surface area contributed by atoms with E-state index in [2.05, 4.69) is 19.2 Å². The first-order valence-corrected chi connectivity index (χ1v) is 6.56. The summed E-state index contributed by atoms with van der Waals surface area (Å²) in [5.41, 5.74) is 1.86. The van der Waals surface area contributed by atoms with E-state index < -0.39 is 0 Å². The van der Waals surface area contributed by atoms with Gasteiger partial charge >= 0.3 is 0 Å². The normalized spacial score (nSPS) is 14.5. The Kier molecular flexibility index (Phi) is 6.30. The number of ether oxygens (including phenoxy) is 1. The van der Waals surface area contributed by atoms with Crippen LogP contribution < -0.4 is 5.32 Å². The largest absolute Gasteiger partial charge is 0.384 e. The Bertz CT molecular complexity index is 368. The van der Waals surface area contributed by atoms with Crippen LogP contribution in [0.1, 0.15) is 37.4 Å². The van der Waals surface area contributed by atoms with Gasteiger partial charge in [0.05, 0.1) is 0 Å². The maximum Gasteiger partial charge on any atom is 0.126 e.